The van der Waals surface area contributed by atoms with Crippen LogP contribution in [0.25, 0.3) is 0 Å². The minimum atomic E-state index is -0.878. The molecular weight excluding hydrogens is 264 g/mol. The number of rotatable bonds is 5. The predicted octanol–water partition coefficient (Wildman–Crippen LogP) is 2.55. The van der Waals surface area contributed by atoms with Gasteiger partial charge in [-0.05, 0) is 12.1 Å². The standard InChI is InChI=1S/C13H14N2O3S/c1-15(10-5-3-4-6-11(10)18-2)13-14-9(8-19-13)7-12(16)17/h3-6,8H,7H2,1-2H3,(H,16,17). The fourth-order valence-electron chi connectivity index (χ4n) is 1.70. The van der Waals surface area contributed by atoms with Crippen molar-refractivity contribution in [3.63, 3.8) is 0 Å². The fraction of sp³-hybridized carbons (Fsp3) is 0.231. The van der Waals surface area contributed by atoms with Gasteiger partial charge in [0.2, 0.25) is 0 Å². The van der Waals surface area contributed by atoms with Gasteiger partial charge in [-0.3, -0.25) is 4.79 Å². The van der Waals surface area contributed by atoms with E-state index in [2.05, 4.69) is 4.98 Å². The van der Waals surface area contributed by atoms with Gasteiger partial charge in [0.15, 0.2) is 5.13 Å². The van der Waals surface area contributed by atoms with Gasteiger partial charge in [0.05, 0.1) is 24.9 Å². The lowest BCUT2D eigenvalue weighted by Crippen LogP contribution is -2.10. The Morgan fingerprint density at radius 3 is 2.89 bits per heavy atom. The van der Waals surface area contributed by atoms with Crippen LogP contribution in [0.3, 0.4) is 0 Å². The Bertz CT molecular complexity index is 583. The van der Waals surface area contributed by atoms with Crippen LogP contribution in [-0.4, -0.2) is 30.2 Å². The molecule has 100 valence electrons. The van der Waals surface area contributed by atoms with Crippen molar-refractivity contribution in [3.8, 4) is 5.75 Å². The molecule has 0 aliphatic heterocycles. The Balaban J connectivity index is 2.26. The molecule has 0 aliphatic rings. The number of methoxy groups -OCH3 is 1. The molecule has 1 aromatic carbocycles. The summed E-state index contributed by atoms with van der Waals surface area (Å²) < 4.78 is 5.30. The van der Waals surface area contributed by atoms with Crippen molar-refractivity contribution in [1.29, 1.82) is 0 Å². The molecule has 0 radical (unpaired) electrons. The quantitative estimate of drug-likeness (QED) is 0.910. The van der Waals surface area contributed by atoms with Crippen LogP contribution in [0.5, 0.6) is 5.75 Å². The maximum absolute atomic E-state index is 10.6. The molecule has 0 atom stereocenters. The minimum Gasteiger partial charge on any atom is -0.495 e. The molecule has 19 heavy (non-hydrogen) atoms. The van der Waals surface area contributed by atoms with E-state index in [0.717, 1.165) is 16.6 Å². The highest BCUT2D eigenvalue weighted by atomic mass is 32.1. The molecule has 0 aliphatic carbocycles. The molecule has 2 rings (SSSR count). The highest BCUT2D eigenvalue weighted by Crippen LogP contribution is 2.33. The smallest absolute Gasteiger partial charge is 0.309 e. The first-order chi connectivity index (χ1) is 9.11. The largest absolute Gasteiger partial charge is 0.495 e. The molecule has 1 N–H and O–H groups in total. The van der Waals surface area contributed by atoms with Crippen LogP contribution in [0.15, 0.2) is 29.6 Å². The van der Waals surface area contributed by atoms with Gasteiger partial charge >= 0.3 is 5.97 Å². The molecule has 0 amide bonds. The van der Waals surface area contributed by atoms with Crippen molar-refractivity contribution in [1.82, 2.24) is 4.98 Å². The van der Waals surface area contributed by atoms with Crippen LogP contribution >= 0.6 is 11.3 Å². The lowest BCUT2D eigenvalue weighted by Gasteiger charge is -2.18. The first kappa shape index (κ1) is 13.4. The fourth-order valence-corrected chi connectivity index (χ4v) is 2.50. The number of ether oxygens (including phenoxy) is 1. The number of carboxylic acids is 1. The van der Waals surface area contributed by atoms with Gasteiger partial charge in [0.1, 0.15) is 5.75 Å². The van der Waals surface area contributed by atoms with E-state index in [1.54, 1.807) is 12.5 Å². The van der Waals surface area contributed by atoms with Crippen molar-refractivity contribution >= 4 is 28.1 Å². The van der Waals surface area contributed by atoms with E-state index in [4.69, 9.17) is 9.84 Å². The summed E-state index contributed by atoms with van der Waals surface area (Å²) in [7, 11) is 3.49. The summed E-state index contributed by atoms with van der Waals surface area (Å²) in [5.41, 5.74) is 1.45. The van der Waals surface area contributed by atoms with Gasteiger partial charge in [0, 0.05) is 12.4 Å². The lowest BCUT2D eigenvalue weighted by molar-refractivity contribution is -0.136. The van der Waals surface area contributed by atoms with Crippen LogP contribution in [0.1, 0.15) is 5.69 Å². The average Bonchev–Trinajstić information content (AvgIpc) is 2.85. The van der Waals surface area contributed by atoms with E-state index < -0.39 is 5.97 Å². The summed E-state index contributed by atoms with van der Waals surface area (Å²) in [4.78, 5) is 16.8. The number of anilines is 2. The average molecular weight is 278 g/mol. The van der Waals surface area contributed by atoms with Gasteiger partial charge in [0.25, 0.3) is 0 Å². The van der Waals surface area contributed by atoms with Crippen LogP contribution in [0.4, 0.5) is 10.8 Å². The summed E-state index contributed by atoms with van der Waals surface area (Å²) in [5, 5.41) is 11.2. The lowest BCUT2D eigenvalue weighted by atomic mass is 10.3. The second-order valence-electron chi connectivity index (χ2n) is 3.92. The predicted molar refractivity (Wildman–Crippen MR) is 74.5 cm³/mol. The molecule has 1 heterocycles. The molecule has 0 saturated heterocycles. The number of benzene rings is 1. The summed E-state index contributed by atoms with van der Waals surface area (Å²) in [6.45, 7) is 0. The molecule has 0 bridgehead atoms. The summed E-state index contributed by atoms with van der Waals surface area (Å²) in [6, 6.07) is 7.61. The Hall–Kier alpha value is -2.08. The molecule has 0 fully saturated rings. The number of hydrogen-bond donors (Lipinski definition) is 1. The molecule has 1 aromatic heterocycles. The summed E-state index contributed by atoms with van der Waals surface area (Å²) in [5.74, 6) is -0.128. The third kappa shape index (κ3) is 3.03. The van der Waals surface area contributed by atoms with Gasteiger partial charge < -0.3 is 14.7 Å². The molecule has 5 nitrogen and oxygen atoms in total. The number of hydrogen-bond acceptors (Lipinski definition) is 5. The second kappa shape index (κ2) is 5.71. The van der Waals surface area contributed by atoms with Crippen LogP contribution in [0.2, 0.25) is 0 Å². The van der Waals surface area contributed by atoms with E-state index in [9.17, 15) is 4.79 Å². The maximum atomic E-state index is 10.6. The number of para-hydroxylation sites is 2. The number of carboxylic acid groups (broad SMARTS) is 1. The molecule has 6 heteroatoms. The molecular formula is C13H14N2O3S. The second-order valence-corrected chi connectivity index (χ2v) is 4.76. The molecule has 0 unspecified atom stereocenters. The van der Waals surface area contributed by atoms with E-state index in [0.29, 0.717) is 5.69 Å². The Labute approximate surface area is 115 Å². The third-order valence-corrected chi connectivity index (χ3v) is 3.57. The molecule has 2 aromatic rings. The Morgan fingerprint density at radius 1 is 1.47 bits per heavy atom. The molecule has 0 spiro atoms. The Kier molecular flexibility index (Phi) is 4.01. The van der Waals surface area contributed by atoms with Crippen molar-refractivity contribution in [2.75, 3.05) is 19.1 Å². The van der Waals surface area contributed by atoms with Crippen molar-refractivity contribution in [3.05, 3.63) is 35.3 Å². The topological polar surface area (TPSA) is 62.7 Å². The first-order valence-electron chi connectivity index (χ1n) is 5.64. The van der Waals surface area contributed by atoms with Gasteiger partial charge in [-0.25, -0.2) is 4.98 Å². The van der Waals surface area contributed by atoms with E-state index in [1.165, 1.54) is 11.3 Å². The van der Waals surface area contributed by atoms with Crippen molar-refractivity contribution in [2.45, 2.75) is 6.42 Å². The number of thiazole rings is 1. The SMILES string of the molecule is COc1ccccc1N(C)c1nc(CC(=O)O)cs1. The van der Waals surface area contributed by atoms with Crippen LogP contribution in [-0.2, 0) is 11.2 Å². The minimum absolute atomic E-state index is 0.0593. The third-order valence-electron chi connectivity index (χ3n) is 2.61. The summed E-state index contributed by atoms with van der Waals surface area (Å²) in [6.07, 6.45) is -0.0593. The van der Waals surface area contributed by atoms with Crippen molar-refractivity contribution < 1.29 is 14.6 Å². The zero-order chi connectivity index (χ0) is 13.8. The normalized spacial score (nSPS) is 10.2. The van der Waals surface area contributed by atoms with Gasteiger partial charge in [-0.1, -0.05) is 12.1 Å². The highest BCUT2D eigenvalue weighted by Gasteiger charge is 2.13. The number of nitrogens with zero attached hydrogens (tertiary/aromatic N) is 2. The maximum Gasteiger partial charge on any atom is 0.309 e. The zero-order valence-corrected chi connectivity index (χ0v) is 11.5. The van der Waals surface area contributed by atoms with E-state index >= 15 is 0 Å². The highest BCUT2D eigenvalue weighted by molar-refractivity contribution is 7.13. The van der Waals surface area contributed by atoms with Gasteiger partial charge in [-0.2, -0.15) is 0 Å². The number of carbonyl (C=O) groups is 1. The van der Waals surface area contributed by atoms with E-state index in [-0.39, 0.29) is 6.42 Å². The Morgan fingerprint density at radius 2 is 2.21 bits per heavy atom. The van der Waals surface area contributed by atoms with Crippen LogP contribution in [0, 0.1) is 0 Å². The molecule has 0 saturated carbocycles. The zero-order valence-electron chi connectivity index (χ0n) is 10.7. The number of aliphatic carboxylic acids is 1. The number of aromatic nitrogens is 1. The monoisotopic (exact) mass is 278 g/mol. The first-order valence-corrected chi connectivity index (χ1v) is 6.52. The van der Waals surface area contributed by atoms with Crippen molar-refractivity contribution in [2.24, 2.45) is 0 Å². The summed E-state index contributed by atoms with van der Waals surface area (Å²) >= 11 is 1.41. The van der Waals surface area contributed by atoms with Gasteiger partial charge in [-0.15, -0.1) is 11.3 Å². The van der Waals surface area contributed by atoms with Crippen LogP contribution < -0.4 is 9.64 Å². The van der Waals surface area contributed by atoms with E-state index in [1.807, 2.05) is 36.2 Å².